The van der Waals surface area contributed by atoms with Crippen molar-refractivity contribution in [3.63, 3.8) is 0 Å². The molecule has 0 saturated carbocycles. The second kappa shape index (κ2) is 4.81. The van der Waals surface area contributed by atoms with Gasteiger partial charge in [0.05, 0.1) is 5.57 Å². The molecule has 0 aliphatic carbocycles. The van der Waals surface area contributed by atoms with E-state index in [0.717, 1.165) is 0 Å². The molecule has 4 nitrogen and oxygen atoms in total. The third kappa shape index (κ3) is 2.84. The smallest absolute Gasteiger partial charge is 0.255 e. The zero-order chi connectivity index (χ0) is 12.3. The number of carbonyl (C=O) groups is 2. The summed E-state index contributed by atoms with van der Waals surface area (Å²) in [5.41, 5.74) is 0.223. The second-order valence-corrected chi connectivity index (χ2v) is 3.48. The summed E-state index contributed by atoms with van der Waals surface area (Å²) in [7, 11) is 0. The molecule has 1 aromatic rings. The van der Waals surface area contributed by atoms with Gasteiger partial charge in [-0.1, -0.05) is 6.07 Å². The first kappa shape index (κ1) is 12.3. The van der Waals surface area contributed by atoms with E-state index in [-0.39, 0.29) is 17.1 Å². The van der Waals surface area contributed by atoms with Crippen molar-refractivity contribution in [1.29, 1.82) is 0 Å². The van der Waals surface area contributed by atoms with Crippen molar-refractivity contribution in [2.45, 2.75) is 6.92 Å². The average molecular weight is 241 g/mol. The van der Waals surface area contributed by atoms with Gasteiger partial charge in [-0.05, 0) is 42.3 Å². The molecule has 0 aliphatic rings. The van der Waals surface area contributed by atoms with Crippen molar-refractivity contribution in [2.24, 2.45) is 0 Å². The number of carbonyl (C=O) groups excluding carboxylic acids is 2. The van der Waals surface area contributed by atoms with Crippen LogP contribution in [0.4, 0.5) is 0 Å². The molecule has 0 unspecified atom stereocenters. The molecule has 0 bridgehead atoms. The number of allylic oxidation sites excluding steroid dienone is 1. The lowest BCUT2D eigenvalue weighted by molar-refractivity contribution is -0.116. The number of rotatable bonds is 3. The number of aromatic hydroxyl groups is 2. The number of phenols is 2. The van der Waals surface area contributed by atoms with Crippen molar-refractivity contribution in [1.82, 2.24) is 0 Å². The third-order valence-corrected chi connectivity index (χ3v) is 2.11. The molecule has 0 amide bonds. The Morgan fingerprint density at radius 3 is 2.31 bits per heavy atom. The molecular weight excluding hydrogens is 232 g/mol. The van der Waals surface area contributed by atoms with E-state index in [1.807, 2.05) is 0 Å². The summed E-state index contributed by atoms with van der Waals surface area (Å²) in [5.74, 6) is -1.08. The van der Waals surface area contributed by atoms with Crippen molar-refractivity contribution >= 4 is 28.7 Å². The summed E-state index contributed by atoms with van der Waals surface area (Å²) in [4.78, 5) is 22.0. The monoisotopic (exact) mass is 240 g/mol. The SMILES string of the molecule is CC(=O)/C(=C\c1ccc(O)c(O)c1)C(=O)Cl. The summed E-state index contributed by atoms with van der Waals surface area (Å²) in [5, 5.41) is 17.4. The van der Waals surface area contributed by atoms with Gasteiger partial charge in [0.2, 0.25) is 0 Å². The highest BCUT2D eigenvalue weighted by atomic mass is 35.5. The predicted octanol–water partition coefficient (Wildman–Crippen LogP) is 1.84. The Morgan fingerprint density at radius 2 is 1.88 bits per heavy atom. The standard InChI is InChI=1S/C11H9ClO4/c1-6(13)8(11(12)16)4-7-2-3-9(14)10(15)5-7/h2-5,14-15H,1H3/b8-4+. The van der Waals surface area contributed by atoms with E-state index in [4.69, 9.17) is 16.7 Å². The van der Waals surface area contributed by atoms with Gasteiger partial charge < -0.3 is 10.2 Å². The molecule has 16 heavy (non-hydrogen) atoms. The normalized spacial score (nSPS) is 11.2. The van der Waals surface area contributed by atoms with E-state index >= 15 is 0 Å². The van der Waals surface area contributed by atoms with Gasteiger partial charge in [0.15, 0.2) is 17.3 Å². The number of hydrogen-bond donors (Lipinski definition) is 2. The molecule has 0 aromatic heterocycles. The van der Waals surface area contributed by atoms with Crippen molar-refractivity contribution in [2.75, 3.05) is 0 Å². The van der Waals surface area contributed by atoms with E-state index in [9.17, 15) is 14.7 Å². The number of Topliss-reactive ketones (excluding diaryl/α,β-unsaturated/α-hetero) is 1. The number of halogens is 1. The first-order chi connectivity index (χ1) is 7.41. The minimum atomic E-state index is -0.861. The molecule has 2 N–H and O–H groups in total. The zero-order valence-corrected chi connectivity index (χ0v) is 9.15. The molecule has 0 fully saturated rings. The molecule has 0 atom stereocenters. The lowest BCUT2D eigenvalue weighted by Gasteiger charge is -2.00. The first-order valence-corrected chi connectivity index (χ1v) is 4.74. The van der Waals surface area contributed by atoms with Crippen LogP contribution in [0.5, 0.6) is 11.5 Å². The largest absolute Gasteiger partial charge is 0.504 e. The topological polar surface area (TPSA) is 74.6 Å². The number of phenolic OH excluding ortho intramolecular Hbond substituents is 2. The number of ketones is 1. The molecule has 84 valence electrons. The van der Waals surface area contributed by atoms with E-state index < -0.39 is 11.0 Å². The van der Waals surface area contributed by atoms with Gasteiger partial charge >= 0.3 is 0 Å². The highest BCUT2D eigenvalue weighted by molar-refractivity contribution is 6.71. The minimum Gasteiger partial charge on any atom is -0.504 e. The number of benzene rings is 1. The van der Waals surface area contributed by atoms with Gasteiger partial charge in [-0.15, -0.1) is 0 Å². The van der Waals surface area contributed by atoms with Gasteiger partial charge in [0.1, 0.15) is 0 Å². The molecule has 0 radical (unpaired) electrons. The maximum absolute atomic E-state index is 11.1. The van der Waals surface area contributed by atoms with Gasteiger partial charge in [0.25, 0.3) is 5.24 Å². The summed E-state index contributed by atoms with van der Waals surface area (Å²) in [6, 6.07) is 3.91. The molecule has 0 spiro atoms. The molecular formula is C11H9ClO4. The summed E-state index contributed by atoms with van der Waals surface area (Å²) in [6.07, 6.45) is 1.25. The predicted molar refractivity (Wildman–Crippen MR) is 59.3 cm³/mol. The lowest BCUT2D eigenvalue weighted by Crippen LogP contribution is -2.03. The molecule has 0 heterocycles. The Bertz CT molecular complexity index is 461. The van der Waals surface area contributed by atoms with Gasteiger partial charge in [0, 0.05) is 0 Å². The van der Waals surface area contributed by atoms with Crippen LogP contribution < -0.4 is 0 Å². The third-order valence-electron chi connectivity index (χ3n) is 1.90. The maximum Gasteiger partial charge on any atom is 0.255 e. The molecule has 0 saturated heterocycles. The van der Waals surface area contributed by atoms with Crippen LogP contribution in [0.25, 0.3) is 6.08 Å². The minimum absolute atomic E-state index is 0.174. The quantitative estimate of drug-likeness (QED) is 0.278. The second-order valence-electron chi connectivity index (χ2n) is 3.14. The van der Waals surface area contributed by atoms with Crippen molar-refractivity contribution in [3.8, 4) is 11.5 Å². The van der Waals surface area contributed by atoms with Gasteiger partial charge in [-0.3, -0.25) is 9.59 Å². The molecule has 1 aromatic carbocycles. The summed E-state index contributed by atoms with van der Waals surface area (Å²) in [6.45, 7) is 1.21. The highest BCUT2D eigenvalue weighted by Crippen LogP contribution is 2.26. The Labute approximate surface area is 96.8 Å². The van der Waals surface area contributed by atoms with Crippen LogP contribution in [0, 0.1) is 0 Å². The first-order valence-electron chi connectivity index (χ1n) is 4.36. The van der Waals surface area contributed by atoms with E-state index in [1.54, 1.807) is 0 Å². The Balaban J connectivity index is 3.18. The molecule has 5 heteroatoms. The summed E-state index contributed by atoms with van der Waals surface area (Å²) < 4.78 is 0. The van der Waals surface area contributed by atoms with Gasteiger partial charge in [-0.2, -0.15) is 0 Å². The fourth-order valence-corrected chi connectivity index (χ4v) is 1.28. The van der Waals surface area contributed by atoms with Crippen LogP contribution in [0.3, 0.4) is 0 Å². The Hall–Kier alpha value is -1.81. The fraction of sp³-hybridized carbons (Fsp3) is 0.0909. The Kier molecular flexibility index (Phi) is 3.68. The highest BCUT2D eigenvalue weighted by Gasteiger charge is 2.11. The van der Waals surface area contributed by atoms with Crippen LogP contribution >= 0.6 is 11.6 Å². The van der Waals surface area contributed by atoms with E-state index in [0.29, 0.717) is 5.56 Å². The van der Waals surface area contributed by atoms with E-state index in [2.05, 4.69) is 0 Å². The number of hydrogen-bond acceptors (Lipinski definition) is 4. The Morgan fingerprint density at radius 1 is 1.25 bits per heavy atom. The van der Waals surface area contributed by atoms with E-state index in [1.165, 1.54) is 31.2 Å². The average Bonchev–Trinajstić information content (AvgIpc) is 2.18. The zero-order valence-electron chi connectivity index (χ0n) is 8.40. The molecule has 1 rings (SSSR count). The van der Waals surface area contributed by atoms with Crippen LogP contribution in [-0.4, -0.2) is 21.2 Å². The maximum atomic E-state index is 11.1. The van der Waals surface area contributed by atoms with Crippen molar-refractivity contribution in [3.05, 3.63) is 29.3 Å². The fourth-order valence-electron chi connectivity index (χ4n) is 1.09. The lowest BCUT2D eigenvalue weighted by atomic mass is 10.1. The van der Waals surface area contributed by atoms with Gasteiger partial charge in [-0.25, -0.2) is 0 Å². The molecule has 0 aliphatic heterocycles. The van der Waals surface area contributed by atoms with Crippen LogP contribution in [0.2, 0.25) is 0 Å². The van der Waals surface area contributed by atoms with Crippen LogP contribution in [0.1, 0.15) is 12.5 Å². The summed E-state index contributed by atoms with van der Waals surface area (Å²) >= 11 is 5.22. The van der Waals surface area contributed by atoms with Crippen LogP contribution in [-0.2, 0) is 9.59 Å². The van der Waals surface area contributed by atoms with Crippen LogP contribution in [0.15, 0.2) is 23.8 Å². The van der Waals surface area contributed by atoms with Crippen molar-refractivity contribution < 1.29 is 19.8 Å².